The molecule has 1 fully saturated rings. The Kier molecular flexibility index (Phi) is 8.41. The number of benzene rings is 2. The van der Waals surface area contributed by atoms with E-state index >= 15 is 8.78 Å². The second-order valence-electron chi connectivity index (χ2n) is 10.3. The fourth-order valence-corrected chi connectivity index (χ4v) is 6.01. The number of rotatable bonds is 7. The third-order valence-electron chi connectivity index (χ3n) is 6.98. The summed E-state index contributed by atoms with van der Waals surface area (Å²) in [6.07, 6.45) is 1.53. The predicted molar refractivity (Wildman–Crippen MR) is 150 cm³/mol. The second kappa shape index (κ2) is 11.5. The van der Waals surface area contributed by atoms with Crippen LogP contribution in [0, 0.1) is 28.8 Å². The SMILES string of the molecule is CNN(c1c(N)cc(-c2sc(C(=O)N3CCC[C@@H](N)C3)cc2-c2ccc(C#N)c(F)c2)c(F)c1F)C(C)(C)CO. The van der Waals surface area contributed by atoms with E-state index < -0.39 is 23.0 Å². The number of aliphatic hydroxyl groups excluding tert-OH is 1. The van der Waals surface area contributed by atoms with E-state index in [2.05, 4.69) is 5.43 Å². The van der Waals surface area contributed by atoms with Gasteiger partial charge in [-0.25, -0.2) is 18.6 Å². The number of nitrogens with two attached hydrogens (primary N) is 2. The van der Waals surface area contributed by atoms with Crippen LogP contribution in [0.25, 0.3) is 21.6 Å². The van der Waals surface area contributed by atoms with Crippen LogP contribution >= 0.6 is 11.3 Å². The summed E-state index contributed by atoms with van der Waals surface area (Å²) in [4.78, 5) is 15.4. The van der Waals surface area contributed by atoms with Gasteiger partial charge in [0.2, 0.25) is 0 Å². The van der Waals surface area contributed by atoms with E-state index in [4.69, 9.17) is 16.7 Å². The highest BCUT2D eigenvalue weighted by atomic mass is 32.1. The van der Waals surface area contributed by atoms with Gasteiger partial charge in [-0.1, -0.05) is 6.07 Å². The van der Waals surface area contributed by atoms with Gasteiger partial charge in [0.25, 0.3) is 5.91 Å². The van der Waals surface area contributed by atoms with E-state index in [0.29, 0.717) is 13.1 Å². The Morgan fingerprint density at radius 1 is 1.25 bits per heavy atom. The highest BCUT2D eigenvalue weighted by molar-refractivity contribution is 7.18. The van der Waals surface area contributed by atoms with Gasteiger partial charge in [-0.3, -0.25) is 9.80 Å². The number of carbonyl (C=O) groups is 1. The zero-order chi connectivity index (χ0) is 29.4. The molecule has 1 aliphatic rings. The molecule has 0 saturated carbocycles. The number of nitrogen functional groups attached to an aromatic ring is 1. The Balaban J connectivity index is 1.91. The maximum absolute atomic E-state index is 15.9. The number of carbonyl (C=O) groups excluding carboxylic acids is 1. The maximum Gasteiger partial charge on any atom is 0.264 e. The number of anilines is 2. The number of nitrogens with one attached hydrogen (secondary N) is 1. The van der Waals surface area contributed by atoms with Gasteiger partial charge in [0, 0.05) is 42.2 Å². The van der Waals surface area contributed by atoms with Crippen molar-refractivity contribution in [2.24, 2.45) is 5.73 Å². The quantitative estimate of drug-likeness (QED) is 0.246. The third kappa shape index (κ3) is 5.38. The number of nitrogens with zero attached hydrogens (tertiary/aromatic N) is 3. The molecule has 2 heterocycles. The van der Waals surface area contributed by atoms with Crippen molar-refractivity contribution in [3.05, 3.63) is 58.2 Å². The van der Waals surface area contributed by atoms with Gasteiger partial charge in [0.15, 0.2) is 11.6 Å². The van der Waals surface area contributed by atoms with Gasteiger partial charge >= 0.3 is 0 Å². The average Bonchev–Trinajstić information content (AvgIpc) is 3.37. The molecule has 12 heteroatoms. The van der Waals surface area contributed by atoms with Crippen molar-refractivity contribution < 1.29 is 23.1 Å². The molecule has 2 aromatic carbocycles. The summed E-state index contributed by atoms with van der Waals surface area (Å²) in [5, 5.41) is 20.2. The smallest absolute Gasteiger partial charge is 0.264 e. The molecule has 1 amide bonds. The van der Waals surface area contributed by atoms with E-state index in [1.54, 1.807) is 24.8 Å². The lowest BCUT2D eigenvalue weighted by atomic mass is 9.98. The first-order chi connectivity index (χ1) is 18.9. The Morgan fingerprint density at radius 2 is 1.98 bits per heavy atom. The standard InChI is InChI=1S/C28H31F3N6O2S/c1-28(2,14-38)37(35-3)25-21(34)10-19(23(30)24(25)31)26-18(15-6-7-16(12-32)20(29)9-15)11-22(40-26)27(39)36-8-4-5-17(33)13-36/h6-7,9-11,17,35,38H,4-5,8,13-14,33-34H2,1-3H3/t17-/m1/s1. The maximum atomic E-state index is 15.9. The fraction of sp³-hybridized carbons (Fsp3) is 0.357. The molecular formula is C28H31F3N6O2S. The molecule has 0 unspecified atom stereocenters. The molecule has 0 spiro atoms. The van der Waals surface area contributed by atoms with E-state index in [1.165, 1.54) is 36.3 Å². The van der Waals surface area contributed by atoms with Crippen LogP contribution in [-0.2, 0) is 0 Å². The van der Waals surface area contributed by atoms with Crippen molar-refractivity contribution in [2.45, 2.75) is 38.3 Å². The topological polar surface area (TPSA) is 132 Å². The normalized spacial score (nSPS) is 15.7. The van der Waals surface area contributed by atoms with E-state index in [-0.39, 0.29) is 61.9 Å². The summed E-state index contributed by atoms with van der Waals surface area (Å²) in [7, 11) is 1.49. The van der Waals surface area contributed by atoms with Gasteiger partial charge in [0.1, 0.15) is 17.6 Å². The first-order valence-electron chi connectivity index (χ1n) is 12.7. The van der Waals surface area contributed by atoms with Crippen LogP contribution in [0.3, 0.4) is 0 Å². The number of likely N-dealkylation sites (tertiary alicyclic amines) is 1. The van der Waals surface area contributed by atoms with E-state index in [9.17, 15) is 14.3 Å². The number of aliphatic hydroxyl groups is 1. The summed E-state index contributed by atoms with van der Waals surface area (Å²) < 4.78 is 46.2. The Bertz CT molecular complexity index is 1490. The number of hydrazine groups is 1. The minimum absolute atomic E-state index is 0.120. The van der Waals surface area contributed by atoms with Crippen molar-refractivity contribution in [3.8, 4) is 27.6 Å². The van der Waals surface area contributed by atoms with Crippen LogP contribution in [0.15, 0.2) is 30.3 Å². The highest BCUT2D eigenvalue weighted by Crippen LogP contribution is 2.45. The number of piperidine rings is 1. The van der Waals surface area contributed by atoms with Gasteiger partial charge in [-0.2, -0.15) is 5.26 Å². The molecule has 0 aliphatic carbocycles. The monoisotopic (exact) mass is 572 g/mol. The van der Waals surface area contributed by atoms with Crippen molar-refractivity contribution in [2.75, 3.05) is 37.5 Å². The molecule has 40 heavy (non-hydrogen) atoms. The molecule has 1 saturated heterocycles. The molecule has 1 aliphatic heterocycles. The van der Waals surface area contributed by atoms with E-state index in [0.717, 1.165) is 30.2 Å². The first kappa shape index (κ1) is 29.4. The fourth-order valence-electron chi connectivity index (χ4n) is 4.85. The molecule has 1 aromatic heterocycles. The summed E-state index contributed by atoms with van der Waals surface area (Å²) >= 11 is 0.937. The van der Waals surface area contributed by atoms with Gasteiger partial charge in [-0.05, 0) is 56.5 Å². The van der Waals surface area contributed by atoms with Crippen molar-refractivity contribution in [1.82, 2.24) is 10.3 Å². The van der Waals surface area contributed by atoms with Crippen LogP contribution in [0.1, 0.15) is 41.9 Å². The highest BCUT2D eigenvalue weighted by Gasteiger charge is 2.33. The zero-order valence-corrected chi connectivity index (χ0v) is 23.2. The Morgan fingerprint density at radius 3 is 2.58 bits per heavy atom. The summed E-state index contributed by atoms with van der Waals surface area (Å²) in [6.45, 7) is 3.72. The number of halogens is 3. The number of nitriles is 1. The molecule has 0 bridgehead atoms. The Labute approximate surface area is 234 Å². The lowest BCUT2D eigenvalue weighted by molar-refractivity contribution is 0.0713. The second-order valence-corrected chi connectivity index (χ2v) is 11.4. The lowest BCUT2D eigenvalue weighted by Gasteiger charge is -2.39. The molecule has 3 aromatic rings. The van der Waals surface area contributed by atoms with Crippen LogP contribution in [0.2, 0.25) is 0 Å². The molecular weight excluding hydrogens is 541 g/mol. The molecule has 6 N–H and O–H groups in total. The van der Waals surface area contributed by atoms with E-state index in [1.807, 2.05) is 0 Å². The minimum Gasteiger partial charge on any atom is -0.397 e. The van der Waals surface area contributed by atoms with Crippen LogP contribution < -0.4 is 21.9 Å². The summed E-state index contributed by atoms with van der Waals surface area (Å²) in [5.74, 6) is -3.59. The van der Waals surface area contributed by atoms with Crippen LogP contribution in [0.4, 0.5) is 24.5 Å². The van der Waals surface area contributed by atoms with Gasteiger partial charge < -0.3 is 21.5 Å². The number of thiophene rings is 1. The van der Waals surface area contributed by atoms with Crippen molar-refractivity contribution in [3.63, 3.8) is 0 Å². The largest absolute Gasteiger partial charge is 0.397 e. The molecule has 1 atom stereocenters. The number of amides is 1. The van der Waals surface area contributed by atoms with Gasteiger partial charge in [0.05, 0.1) is 28.3 Å². The molecule has 8 nitrogen and oxygen atoms in total. The number of hydrogen-bond donors (Lipinski definition) is 4. The zero-order valence-electron chi connectivity index (χ0n) is 22.4. The summed E-state index contributed by atoms with van der Waals surface area (Å²) in [6, 6.07) is 8.25. The Hall–Kier alpha value is -3.63. The lowest BCUT2D eigenvalue weighted by Crippen LogP contribution is -2.54. The number of hydrogen-bond acceptors (Lipinski definition) is 8. The minimum atomic E-state index is -1.26. The molecule has 4 rings (SSSR count). The molecule has 212 valence electrons. The summed E-state index contributed by atoms with van der Waals surface area (Å²) in [5.41, 5.74) is 13.8. The van der Waals surface area contributed by atoms with Crippen LogP contribution in [-0.4, -0.2) is 54.2 Å². The van der Waals surface area contributed by atoms with Crippen molar-refractivity contribution in [1.29, 1.82) is 5.26 Å². The predicted octanol–water partition coefficient (Wildman–Crippen LogP) is 4.23. The van der Waals surface area contributed by atoms with Crippen molar-refractivity contribution >= 4 is 28.6 Å². The average molecular weight is 573 g/mol. The third-order valence-corrected chi connectivity index (χ3v) is 8.14. The first-order valence-corrected chi connectivity index (χ1v) is 13.5. The molecule has 0 radical (unpaired) electrons. The van der Waals surface area contributed by atoms with Gasteiger partial charge in [-0.15, -0.1) is 11.3 Å². The van der Waals surface area contributed by atoms with Crippen LogP contribution in [0.5, 0.6) is 0 Å².